The van der Waals surface area contributed by atoms with Crippen LogP contribution in [0.1, 0.15) is 30.1 Å². The van der Waals surface area contributed by atoms with Crippen LogP contribution < -0.4 is 11.1 Å². The Morgan fingerprint density at radius 3 is 2.78 bits per heavy atom. The lowest BCUT2D eigenvalue weighted by Gasteiger charge is -2.16. The van der Waals surface area contributed by atoms with E-state index in [1.54, 1.807) is 18.2 Å². The van der Waals surface area contributed by atoms with E-state index >= 15 is 0 Å². The van der Waals surface area contributed by atoms with Crippen molar-refractivity contribution in [2.75, 3.05) is 0 Å². The van der Waals surface area contributed by atoms with Crippen molar-refractivity contribution in [3.63, 3.8) is 0 Å². The Kier molecular flexibility index (Phi) is 6.05. The number of halogens is 2. The van der Waals surface area contributed by atoms with E-state index in [2.05, 4.69) is 21.2 Å². The number of carbonyl (C=O) groups excluding carboxylic acids is 1. The van der Waals surface area contributed by atoms with Crippen molar-refractivity contribution in [2.24, 2.45) is 5.73 Å². The standard InChI is InChI=1S/C12H14BrClN2OS/c1-2-8(6-11(15)18)16-12(17)7-3-4-9(13)10(14)5-7/h3-5,8H,2,6H2,1H3,(H2,15,18)(H,16,17). The molecule has 0 aliphatic carbocycles. The van der Waals surface area contributed by atoms with Crippen molar-refractivity contribution < 1.29 is 4.79 Å². The normalized spacial score (nSPS) is 11.9. The highest BCUT2D eigenvalue weighted by Crippen LogP contribution is 2.23. The maximum absolute atomic E-state index is 12.0. The number of amides is 1. The highest BCUT2D eigenvalue weighted by Gasteiger charge is 2.13. The third kappa shape index (κ3) is 4.55. The lowest BCUT2D eigenvalue weighted by Crippen LogP contribution is -2.37. The first-order chi connectivity index (χ1) is 8.43. The molecule has 0 aromatic heterocycles. The number of hydrogen-bond donors (Lipinski definition) is 2. The van der Waals surface area contributed by atoms with Gasteiger partial charge in [0.25, 0.3) is 5.91 Å². The maximum Gasteiger partial charge on any atom is 0.251 e. The number of benzene rings is 1. The number of carbonyl (C=O) groups is 1. The average Bonchev–Trinajstić information content (AvgIpc) is 2.31. The van der Waals surface area contributed by atoms with Crippen LogP contribution in [0.15, 0.2) is 22.7 Å². The molecule has 0 spiro atoms. The summed E-state index contributed by atoms with van der Waals surface area (Å²) in [6.07, 6.45) is 1.27. The molecule has 0 bridgehead atoms. The van der Waals surface area contributed by atoms with Crippen LogP contribution in [0.4, 0.5) is 0 Å². The molecule has 1 amide bonds. The van der Waals surface area contributed by atoms with E-state index in [9.17, 15) is 4.79 Å². The van der Waals surface area contributed by atoms with Gasteiger partial charge in [0.2, 0.25) is 0 Å². The van der Waals surface area contributed by atoms with Crippen molar-refractivity contribution in [1.82, 2.24) is 5.32 Å². The summed E-state index contributed by atoms with van der Waals surface area (Å²) in [4.78, 5) is 12.4. The van der Waals surface area contributed by atoms with Crippen LogP contribution in [0.25, 0.3) is 0 Å². The molecular formula is C12H14BrClN2OS. The van der Waals surface area contributed by atoms with Crippen molar-refractivity contribution in [3.8, 4) is 0 Å². The summed E-state index contributed by atoms with van der Waals surface area (Å²) in [6.45, 7) is 1.97. The first-order valence-electron chi connectivity index (χ1n) is 5.48. The maximum atomic E-state index is 12.0. The highest BCUT2D eigenvalue weighted by molar-refractivity contribution is 9.10. The smallest absolute Gasteiger partial charge is 0.251 e. The molecule has 1 unspecified atom stereocenters. The zero-order valence-electron chi connectivity index (χ0n) is 9.87. The Labute approximate surface area is 125 Å². The second-order valence-electron chi connectivity index (χ2n) is 3.88. The van der Waals surface area contributed by atoms with E-state index in [-0.39, 0.29) is 11.9 Å². The van der Waals surface area contributed by atoms with Gasteiger partial charge < -0.3 is 11.1 Å². The van der Waals surface area contributed by atoms with Gasteiger partial charge in [0, 0.05) is 22.5 Å². The first-order valence-corrected chi connectivity index (χ1v) is 7.06. The lowest BCUT2D eigenvalue weighted by atomic mass is 10.1. The predicted octanol–water partition coefficient (Wildman–Crippen LogP) is 3.29. The Balaban J connectivity index is 2.74. The summed E-state index contributed by atoms with van der Waals surface area (Å²) >= 11 is 14.1. The number of hydrogen-bond acceptors (Lipinski definition) is 2. The fraction of sp³-hybridized carbons (Fsp3) is 0.333. The van der Waals surface area contributed by atoms with E-state index in [1.165, 1.54) is 0 Å². The molecule has 0 aliphatic rings. The summed E-state index contributed by atoms with van der Waals surface area (Å²) < 4.78 is 0.760. The van der Waals surface area contributed by atoms with Gasteiger partial charge in [-0.1, -0.05) is 30.7 Å². The zero-order valence-corrected chi connectivity index (χ0v) is 13.0. The summed E-state index contributed by atoms with van der Waals surface area (Å²) in [5.41, 5.74) is 6.00. The van der Waals surface area contributed by atoms with Gasteiger partial charge in [0.05, 0.1) is 10.0 Å². The Morgan fingerprint density at radius 1 is 1.61 bits per heavy atom. The van der Waals surface area contributed by atoms with Crippen LogP contribution in [0, 0.1) is 0 Å². The van der Waals surface area contributed by atoms with Crippen molar-refractivity contribution in [3.05, 3.63) is 33.3 Å². The van der Waals surface area contributed by atoms with Gasteiger partial charge in [0.15, 0.2) is 0 Å². The largest absolute Gasteiger partial charge is 0.393 e. The molecule has 0 fully saturated rings. The topological polar surface area (TPSA) is 55.1 Å². The Hall–Kier alpha value is -0.650. The van der Waals surface area contributed by atoms with Crippen LogP contribution >= 0.6 is 39.7 Å². The molecule has 1 atom stereocenters. The van der Waals surface area contributed by atoms with E-state index < -0.39 is 0 Å². The highest BCUT2D eigenvalue weighted by atomic mass is 79.9. The molecule has 0 radical (unpaired) electrons. The second kappa shape index (κ2) is 7.07. The summed E-state index contributed by atoms with van der Waals surface area (Å²) in [5, 5.41) is 3.39. The number of nitrogens with two attached hydrogens (primary N) is 1. The third-order valence-corrected chi connectivity index (χ3v) is 3.86. The molecule has 1 aromatic rings. The molecule has 1 rings (SSSR count). The number of rotatable bonds is 5. The molecule has 18 heavy (non-hydrogen) atoms. The molecule has 0 saturated heterocycles. The van der Waals surface area contributed by atoms with Crippen LogP contribution in [-0.4, -0.2) is 16.9 Å². The monoisotopic (exact) mass is 348 g/mol. The predicted molar refractivity (Wildman–Crippen MR) is 82.1 cm³/mol. The summed E-state index contributed by atoms with van der Waals surface area (Å²) in [5.74, 6) is -0.174. The minimum absolute atomic E-state index is 0.0441. The number of nitrogens with one attached hydrogen (secondary N) is 1. The van der Waals surface area contributed by atoms with E-state index in [0.29, 0.717) is 22.0 Å². The van der Waals surface area contributed by atoms with Crippen molar-refractivity contribution in [2.45, 2.75) is 25.8 Å². The molecule has 3 nitrogen and oxygen atoms in total. The van der Waals surface area contributed by atoms with E-state index in [0.717, 1.165) is 10.9 Å². The molecule has 0 aliphatic heterocycles. The molecule has 1 aromatic carbocycles. The summed E-state index contributed by atoms with van der Waals surface area (Å²) in [7, 11) is 0. The minimum Gasteiger partial charge on any atom is -0.393 e. The fourth-order valence-corrected chi connectivity index (χ4v) is 2.07. The lowest BCUT2D eigenvalue weighted by molar-refractivity contribution is 0.0937. The SMILES string of the molecule is CCC(CC(N)=S)NC(=O)c1ccc(Br)c(Cl)c1. The second-order valence-corrected chi connectivity index (χ2v) is 5.66. The molecule has 0 heterocycles. The van der Waals surface area contributed by atoms with Gasteiger partial charge in [-0.15, -0.1) is 0 Å². The van der Waals surface area contributed by atoms with Crippen molar-refractivity contribution >= 4 is 50.6 Å². The molecule has 0 saturated carbocycles. The van der Waals surface area contributed by atoms with E-state index in [4.69, 9.17) is 29.6 Å². The third-order valence-electron chi connectivity index (χ3n) is 2.46. The van der Waals surface area contributed by atoms with Gasteiger partial charge >= 0.3 is 0 Å². The van der Waals surface area contributed by atoms with Crippen molar-refractivity contribution in [1.29, 1.82) is 0 Å². The minimum atomic E-state index is -0.174. The quantitative estimate of drug-likeness (QED) is 0.802. The Morgan fingerprint density at radius 2 is 2.28 bits per heavy atom. The van der Waals surface area contributed by atoms with Crippen LogP contribution in [0.5, 0.6) is 0 Å². The van der Waals surface area contributed by atoms with Crippen LogP contribution in [-0.2, 0) is 0 Å². The molecule has 3 N–H and O–H groups in total. The van der Waals surface area contributed by atoms with Crippen LogP contribution in [0.3, 0.4) is 0 Å². The fourth-order valence-electron chi connectivity index (χ4n) is 1.45. The number of thiocarbonyl (C=S) groups is 1. The summed E-state index contributed by atoms with van der Waals surface area (Å²) in [6, 6.07) is 5.02. The van der Waals surface area contributed by atoms with Crippen LogP contribution in [0.2, 0.25) is 5.02 Å². The first kappa shape index (κ1) is 15.4. The van der Waals surface area contributed by atoms with Gasteiger partial charge in [-0.3, -0.25) is 4.79 Å². The zero-order chi connectivity index (χ0) is 13.7. The Bertz CT molecular complexity index is 467. The average molecular weight is 350 g/mol. The molecule has 6 heteroatoms. The molecular weight excluding hydrogens is 336 g/mol. The van der Waals surface area contributed by atoms with Gasteiger partial charge in [-0.05, 0) is 40.5 Å². The van der Waals surface area contributed by atoms with Gasteiger partial charge in [0.1, 0.15) is 0 Å². The van der Waals surface area contributed by atoms with Gasteiger partial charge in [-0.2, -0.15) is 0 Å². The molecule has 98 valence electrons. The van der Waals surface area contributed by atoms with Gasteiger partial charge in [-0.25, -0.2) is 0 Å². The van der Waals surface area contributed by atoms with E-state index in [1.807, 2.05) is 6.92 Å².